The lowest BCUT2D eigenvalue weighted by molar-refractivity contribution is 0.0648. The van der Waals surface area contributed by atoms with Crippen LogP contribution in [0.5, 0.6) is 0 Å². The van der Waals surface area contributed by atoms with Crippen LogP contribution >= 0.6 is 0 Å². The van der Waals surface area contributed by atoms with Crippen molar-refractivity contribution < 1.29 is 52.6 Å². The largest absolute Gasteiger partial charge is 0.478 e. The summed E-state index contributed by atoms with van der Waals surface area (Å²) >= 11 is 0. The fourth-order valence-corrected chi connectivity index (χ4v) is 2.61. The molecule has 148 valence electrons. The number of carboxylic acid groups (broad SMARTS) is 4. The summed E-state index contributed by atoms with van der Waals surface area (Å²) in [5.41, 5.74) is -1.50. The zero-order valence-electron chi connectivity index (χ0n) is 13.6. The van der Waals surface area contributed by atoms with Gasteiger partial charge in [0, 0.05) is 0 Å². The van der Waals surface area contributed by atoms with Gasteiger partial charge < -0.3 is 20.4 Å². The summed E-state index contributed by atoms with van der Waals surface area (Å²) in [5, 5.41) is 34.3. The first kappa shape index (κ1) is 22.3. The van der Waals surface area contributed by atoms with Crippen LogP contribution in [0.15, 0.2) is 47.4 Å². The van der Waals surface area contributed by atoms with Gasteiger partial charge in [0.25, 0.3) is 10.1 Å². The maximum absolute atomic E-state index is 10.8. The highest BCUT2D eigenvalue weighted by atomic mass is 32.2. The van der Waals surface area contributed by atoms with Crippen molar-refractivity contribution in [1.82, 2.24) is 0 Å². The Hall–Kier alpha value is -3.77. The third-order valence-corrected chi connectivity index (χ3v) is 4.02. The van der Waals surface area contributed by atoms with E-state index in [4.69, 9.17) is 25.0 Å². The molecule has 0 aliphatic heterocycles. The van der Waals surface area contributed by atoms with Crippen LogP contribution in [0.25, 0.3) is 0 Å². The van der Waals surface area contributed by atoms with Crippen LogP contribution in [0, 0.1) is 0 Å². The number of carboxylic acids is 4. The van der Waals surface area contributed by atoms with Gasteiger partial charge in [0.2, 0.25) is 0 Å². The van der Waals surface area contributed by atoms with Gasteiger partial charge in [0.15, 0.2) is 0 Å². The maximum atomic E-state index is 10.8. The molecule has 2 aromatic rings. The van der Waals surface area contributed by atoms with Gasteiger partial charge in [-0.25, -0.2) is 19.2 Å². The highest BCUT2D eigenvalue weighted by molar-refractivity contribution is 7.86. The number of hydrogen-bond acceptors (Lipinski definition) is 6. The summed E-state index contributed by atoms with van der Waals surface area (Å²) in [5.74, 6) is -5.47. The Labute approximate surface area is 156 Å². The molecule has 0 aliphatic rings. The van der Waals surface area contributed by atoms with Crippen molar-refractivity contribution in [2.24, 2.45) is 0 Å². The van der Waals surface area contributed by atoms with Crippen molar-refractivity contribution in [2.75, 3.05) is 0 Å². The minimum Gasteiger partial charge on any atom is -0.478 e. The molecule has 0 spiro atoms. The van der Waals surface area contributed by atoms with E-state index in [0.717, 1.165) is 18.2 Å². The first-order chi connectivity index (χ1) is 12.9. The van der Waals surface area contributed by atoms with Crippen molar-refractivity contribution in [2.45, 2.75) is 4.90 Å². The lowest BCUT2D eigenvalue weighted by Crippen LogP contribution is -2.14. The third-order valence-electron chi connectivity index (χ3n) is 3.13. The molecule has 0 fully saturated rings. The van der Waals surface area contributed by atoms with E-state index >= 15 is 0 Å². The predicted molar refractivity (Wildman–Crippen MR) is 90.5 cm³/mol. The van der Waals surface area contributed by atoms with E-state index in [2.05, 4.69) is 0 Å². The van der Waals surface area contributed by atoms with Gasteiger partial charge in [-0.2, -0.15) is 8.42 Å². The van der Waals surface area contributed by atoms with Crippen molar-refractivity contribution >= 4 is 34.0 Å². The SMILES string of the molecule is O=C(O)c1ccc(C(=O)O)cc1.O=C(O)c1cccc(S(=O)(=O)O)c1C(=O)O. The average molecular weight is 412 g/mol. The number of hydrogen-bond donors (Lipinski definition) is 5. The molecule has 0 atom stereocenters. The van der Waals surface area contributed by atoms with Gasteiger partial charge in [-0.3, -0.25) is 4.55 Å². The van der Waals surface area contributed by atoms with Gasteiger partial charge in [-0.15, -0.1) is 0 Å². The van der Waals surface area contributed by atoms with Gasteiger partial charge in [0.1, 0.15) is 4.90 Å². The molecule has 0 aromatic heterocycles. The minimum absolute atomic E-state index is 0.0833. The van der Waals surface area contributed by atoms with Gasteiger partial charge >= 0.3 is 23.9 Å². The monoisotopic (exact) mass is 412 g/mol. The standard InChI is InChI=1S/C8H6O7S.C8H6O4/c9-7(10)4-2-1-3-5(16(13,14)15)6(4)8(11)12;9-7(10)5-1-2-6(4-3-5)8(11)12/h1-3H,(H,9,10)(H,11,12)(H,13,14,15);1-4H,(H,9,10)(H,11,12). The Bertz CT molecular complexity index is 1000. The molecule has 0 bridgehead atoms. The molecule has 5 N–H and O–H groups in total. The number of benzene rings is 2. The van der Waals surface area contributed by atoms with Crippen molar-refractivity contribution in [3.05, 3.63) is 64.7 Å². The fraction of sp³-hybridized carbons (Fsp3) is 0. The molecule has 0 heterocycles. The lowest BCUT2D eigenvalue weighted by Gasteiger charge is -2.05. The van der Waals surface area contributed by atoms with Crippen molar-refractivity contribution in [3.8, 4) is 0 Å². The topological polar surface area (TPSA) is 204 Å². The van der Waals surface area contributed by atoms with Crippen LogP contribution in [-0.4, -0.2) is 57.3 Å². The van der Waals surface area contributed by atoms with Crippen LogP contribution in [0.4, 0.5) is 0 Å². The molecule has 12 heteroatoms. The molecule has 0 aliphatic carbocycles. The number of carbonyl (C=O) groups is 4. The van der Waals surface area contributed by atoms with E-state index in [9.17, 15) is 27.6 Å². The zero-order valence-corrected chi connectivity index (χ0v) is 14.5. The smallest absolute Gasteiger partial charge is 0.338 e. The van der Waals surface area contributed by atoms with E-state index in [1.54, 1.807) is 0 Å². The second-order valence-corrected chi connectivity index (χ2v) is 6.34. The van der Waals surface area contributed by atoms with E-state index in [0.29, 0.717) is 0 Å². The van der Waals surface area contributed by atoms with Crippen LogP contribution in [0.1, 0.15) is 41.4 Å². The van der Waals surface area contributed by atoms with Crippen LogP contribution in [0.3, 0.4) is 0 Å². The first-order valence-electron chi connectivity index (χ1n) is 7.00. The van der Waals surface area contributed by atoms with E-state index in [1.165, 1.54) is 24.3 Å². The highest BCUT2D eigenvalue weighted by Gasteiger charge is 2.26. The van der Waals surface area contributed by atoms with Crippen LogP contribution in [0.2, 0.25) is 0 Å². The average Bonchev–Trinajstić information content (AvgIpc) is 2.60. The predicted octanol–water partition coefficient (Wildman–Crippen LogP) is 1.41. The Morgan fingerprint density at radius 3 is 1.36 bits per heavy atom. The maximum Gasteiger partial charge on any atom is 0.338 e. The lowest BCUT2D eigenvalue weighted by atomic mass is 10.1. The zero-order chi connectivity index (χ0) is 21.6. The molecule has 0 saturated heterocycles. The summed E-state index contributed by atoms with van der Waals surface area (Å²) in [7, 11) is -4.78. The van der Waals surface area contributed by atoms with E-state index in [-0.39, 0.29) is 11.1 Å². The second-order valence-electron chi connectivity index (χ2n) is 4.95. The quantitative estimate of drug-likeness (QED) is 0.444. The second kappa shape index (κ2) is 8.75. The first-order valence-corrected chi connectivity index (χ1v) is 8.44. The molecular formula is C16H12O11S. The van der Waals surface area contributed by atoms with Gasteiger partial charge in [-0.1, -0.05) is 6.07 Å². The molecule has 0 unspecified atom stereocenters. The fourth-order valence-electron chi connectivity index (χ4n) is 1.90. The molecule has 2 aromatic carbocycles. The van der Waals surface area contributed by atoms with Crippen molar-refractivity contribution in [1.29, 1.82) is 0 Å². The Morgan fingerprint density at radius 2 is 1.07 bits per heavy atom. The molecule has 11 nitrogen and oxygen atoms in total. The molecule has 0 saturated carbocycles. The van der Waals surface area contributed by atoms with Gasteiger partial charge in [-0.05, 0) is 36.4 Å². The molecule has 2 rings (SSSR count). The molecule has 28 heavy (non-hydrogen) atoms. The molecule has 0 radical (unpaired) electrons. The van der Waals surface area contributed by atoms with E-state index < -0.39 is 50.0 Å². The normalized spacial score (nSPS) is 10.3. The highest BCUT2D eigenvalue weighted by Crippen LogP contribution is 2.19. The Morgan fingerprint density at radius 1 is 0.643 bits per heavy atom. The minimum atomic E-state index is -4.78. The van der Waals surface area contributed by atoms with Crippen LogP contribution < -0.4 is 0 Å². The molecule has 0 amide bonds. The Kier molecular flexibility index (Phi) is 6.96. The van der Waals surface area contributed by atoms with Crippen molar-refractivity contribution in [3.63, 3.8) is 0 Å². The number of aromatic carboxylic acids is 4. The summed E-state index contributed by atoms with van der Waals surface area (Å²) in [4.78, 5) is 41.1. The third kappa shape index (κ3) is 5.62. The summed E-state index contributed by atoms with van der Waals surface area (Å²) in [6, 6.07) is 7.79. The summed E-state index contributed by atoms with van der Waals surface area (Å²) in [6.07, 6.45) is 0. The van der Waals surface area contributed by atoms with E-state index in [1.807, 2.05) is 0 Å². The van der Waals surface area contributed by atoms with Gasteiger partial charge in [0.05, 0.1) is 22.3 Å². The summed E-state index contributed by atoms with van der Waals surface area (Å²) in [6.45, 7) is 0. The molecular weight excluding hydrogens is 400 g/mol. The summed E-state index contributed by atoms with van der Waals surface area (Å²) < 4.78 is 30.4. The number of rotatable bonds is 5. The Balaban J connectivity index is 0.000000292. The van der Waals surface area contributed by atoms with Crippen LogP contribution in [-0.2, 0) is 10.1 Å².